The first-order valence-electron chi connectivity index (χ1n) is 5.10. The van der Waals surface area contributed by atoms with Gasteiger partial charge in [-0.25, -0.2) is 0 Å². The van der Waals surface area contributed by atoms with Crippen LogP contribution < -0.4 is 0 Å². The van der Waals surface area contributed by atoms with Crippen molar-refractivity contribution in [1.82, 2.24) is 0 Å². The molecule has 0 spiro atoms. The Morgan fingerprint density at radius 1 is 1.06 bits per heavy atom. The lowest BCUT2D eigenvalue weighted by molar-refractivity contribution is 0.112. The van der Waals surface area contributed by atoms with Crippen LogP contribution in [-0.2, 0) is 6.42 Å². The number of aromatic hydroxyl groups is 1. The highest BCUT2D eigenvalue weighted by Gasteiger charge is 2.01. The predicted octanol–water partition coefficient (Wildman–Crippen LogP) is 2.80. The fraction of sp³-hybridized carbons (Fsp3) is 0.0714. The molecule has 2 rings (SSSR count). The molecular formula is C14H12O2. The lowest BCUT2D eigenvalue weighted by Crippen LogP contribution is -1.90. The van der Waals surface area contributed by atoms with Gasteiger partial charge in [0.1, 0.15) is 12.0 Å². The maximum atomic E-state index is 10.6. The highest BCUT2D eigenvalue weighted by atomic mass is 16.3. The topological polar surface area (TPSA) is 37.3 Å². The number of phenolic OH excluding ortho intramolecular Hbond substituents is 1. The van der Waals surface area contributed by atoms with Gasteiger partial charge in [-0.1, -0.05) is 36.4 Å². The first-order valence-corrected chi connectivity index (χ1v) is 5.10. The van der Waals surface area contributed by atoms with Crippen LogP contribution in [0.4, 0.5) is 0 Å². The summed E-state index contributed by atoms with van der Waals surface area (Å²) in [5.74, 6) is 0.291. The lowest BCUT2D eigenvalue weighted by Gasteiger charge is -2.04. The molecule has 0 unspecified atom stereocenters. The van der Waals surface area contributed by atoms with Crippen LogP contribution in [0.1, 0.15) is 21.5 Å². The van der Waals surface area contributed by atoms with Crippen LogP contribution >= 0.6 is 0 Å². The van der Waals surface area contributed by atoms with Gasteiger partial charge in [0.15, 0.2) is 0 Å². The van der Waals surface area contributed by atoms with Gasteiger partial charge in [0, 0.05) is 12.0 Å². The Balaban J connectivity index is 2.27. The molecule has 2 nitrogen and oxygen atoms in total. The molecule has 2 heteroatoms. The molecule has 2 aromatic rings. The Morgan fingerprint density at radius 2 is 1.88 bits per heavy atom. The number of benzene rings is 2. The number of phenols is 1. The molecule has 0 saturated heterocycles. The Labute approximate surface area is 94.2 Å². The minimum Gasteiger partial charge on any atom is -0.508 e. The summed E-state index contributed by atoms with van der Waals surface area (Å²) < 4.78 is 0. The second kappa shape index (κ2) is 4.62. The Bertz CT molecular complexity index is 504. The third-order valence-corrected chi connectivity index (χ3v) is 2.47. The van der Waals surface area contributed by atoms with E-state index < -0.39 is 0 Å². The van der Waals surface area contributed by atoms with E-state index in [0.29, 0.717) is 17.7 Å². The number of hydrogen-bond acceptors (Lipinski definition) is 2. The molecule has 0 aromatic heterocycles. The van der Waals surface area contributed by atoms with Gasteiger partial charge in [-0.3, -0.25) is 4.79 Å². The van der Waals surface area contributed by atoms with Gasteiger partial charge in [0.25, 0.3) is 0 Å². The highest BCUT2D eigenvalue weighted by Crippen LogP contribution is 2.19. The quantitative estimate of drug-likeness (QED) is 0.794. The maximum absolute atomic E-state index is 10.6. The molecule has 0 aliphatic carbocycles. The van der Waals surface area contributed by atoms with Crippen LogP contribution in [0.5, 0.6) is 5.75 Å². The smallest absolute Gasteiger partial charge is 0.150 e. The molecule has 0 bridgehead atoms. The summed E-state index contributed by atoms with van der Waals surface area (Å²) in [4.78, 5) is 10.6. The SMILES string of the molecule is O=Cc1cccc(Cc2ccccc2O)c1. The van der Waals surface area contributed by atoms with Gasteiger partial charge in [-0.05, 0) is 23.3 Å². The zero-order valence-electron chi connectivity index (χ0n) is 8.76. The fourth-order valence-electron chi connectivity index (χ4n) is 1.66. The first-order chi connectivity index (χ1) is 7.79. The number of hydrogen-bond donors (Lipinski definition) is 1. The van der Waals surface area contributed by atoms with Gasteiger partial charge in [0.05, 0.1) is 0 Å². The number of rotatable bonds is 3. The van der Waals surface area contributed by atoms with E-state index in [1.807, 2.05) is 30.3 Å². The normalized spacial score (nSPS) is 10.0. The molecule has 0 aliphatic heterocycles. The van der Waals surface area contributed by atoms with Crippen LogP contribution in [0, 0.1) is 0 Å². The van der Waals surface area contributed by atoms with Crippen LogP contribution in [0.3, 0.4) is 0 Å². The summed E-state index contributed by atoms with van der Waals surface area (Å²) in [7, 11) is 0. The molecule has 0 fully saturated rings. The standard InChI is InChI=1S/C14H12O2/c15-10-12-5-3-4-11(8-12)9-13-6-1-2-7-14(13)16/h1-8,10,16H,9H2. The molecule has 16 heavy (non-hydrogen) atoms. The molecule has 0 aliphatic rings. The molecule has 0 saturated carbocycles. The summed E-state index contributed by atoms with van der Waals surface area (Å²) in [6, 6.07) is 14.6. The zero-order chi connectivity index (χ0) is 11.4. The summed E-state index contributed by atoms with van der Waals surface area (Å²) in [6.45, 7) is 0. The number of para-hydroxylation sites is 1. The van der Waals surface area contributed by atoms with E-state index in [1.165, 1.54) is 0 Å². The fourth-order valence-corrected chi connectivity index (χ4v) is 1.66. The lowest BCUT2D eigenvalue weighted by atomic mass is 10.0. The maximum Gasteiger partial charge on any atom is 0.150 e. The van der Waals surface area contributed by atoms with Crippen molar-refractivity contribution < 1.29 is 9.90 Å². The Morgan fingerprint density at radius 3 is 2.62 bits per heavy atom. The minimum absolute atomic E-state index is 0.291. The van der Waals surface area contributed by atoms with Gasteiger partial charge >= 0.3 is 0 Å². The molecule has 80 valence electrons. The summed E-state index contributed by atoms with van der Waals surface area (Å²) in [5, 5.41) is 9.63. The predicted molar refractivity (Wildman–Crippen MR) is 62.7 cm³/mol. The van der Waals surface area contributed by atoms with E-state index in [9.17, 15) is 9.90 Å². The molecule has 0 amide bonds. The monoisotopic (exact) mass is 212 g/mol. The van der Waals surface area contributed by atoms with Crippen molar-refractivity contribution in [2.24, 2.45) is 0 Å². The van der Waals surface area contributed by atoms with Crippen molar-refractivity contribution in [1.29, 1.82) is 0 Å². The summed E-state index contributed by atoms with van der Waals surface area (Å²) >= 11 is 0. The van der Waals surface area contributed by atoms with Crippen molar-refractivity contribution in [2.75, 3.05) is 0 Å². The van der Waals surface area contributed by atoms with Gasteiger partial charge in [-0.15, -0.1) is 0 Å². The molecular weight excluding hydrogens is 200 g/mol. The number of aldehydes is 1. The zero-order valence-corrected chi connectivity index (χ0v) is 8.76. The van der Waals surface area contributed by atoms with Crippen molar-refractivity contribution >= 4 is 6.29 Å². The third-order valence-electron chi connectivity index (χ3n) is 2.47. The van der Waals surface area contributed by atoms with E-state index in [0.717, 1.165) is 17.4 Å². The van der Waals surface area contributed by atoms with E-state index in [-0.39, 0.29) is 0 Å². The van der Waals surface area contributed by atoms with Crippen LogP contribution in [0.25, 0.3) is 0 Å². The molecule has 0 radical (unpaired) electrons. The van der Waals surface area contributed by atoms with Crippen molar-refractivity contribution in [3.05, 3.63) is 65.2 Å². The van der Waals surface area contributed by atoms with Crippen molar-refractivity contribution in [3.63, 3.8) is 0 Å². The van der Waals surface area contributed by atoms with Gasteiger partial charge in [0.2, 0.25) is 0 Å². The molecule has 2 aromatic carbocycles. The van der Waals surface area contributed by atoms with Gasteiger partial charge in [-0.2, -0.15) is 0 Å². The Kier molecular flexibility index (Phi) is 3.01. The molecule has 0 heterocycles. The third kappa shape index (κ3) is 2.28. The largest absolute Gasteiger partial charge is 0.508 e. The molecule has 0 atom stereocenters. The number of carbonyl (C=O) groups excluding carboxylic acids is 1. The summed E-state index contributed by atoms with van der Waals surface area (Å²) in [5.41, 5.74) is 2.55. The minimum atomic E-state index is 0.291. The van der Waals surface area contributed by atoms with Crippen molar-refractivity contribution in [3.8, 4) is 5.75 Å². The Hall–Kier alpha value is -2.09. The highest BCUT2D eigenvalue weighted by molar-refractivity contribution is 5.75. The van der Waals surface area contributed by atoms with E-state index in [4.69, 9.17) is 0 Å². The van der Waals surface area contributed by atoms with Crippen LogP contribution in [0.2, 0.25) is 0 Å². The van der Waals surface area contributed by atoms with Crippen molar-refractivity contribution in [2.45, 2.75) is 6.42 Å². The van der Waals surface area contributed by atoms with Crippen LogP contribution in [0.15, 0.2) is 48.5 Å². The van der Waals surface area contributed by atoms with Crippen LogP contribution in [-0.4, -0.2) is 11.4 Å². The van der Waals surface area contributed by atoms with E-state index in [2.05, 4.69) is 0 Å². The first kappa shape index (κ1) is 10.4. The second-order valence-electron chi connectivity index (χ2n) is 3.67. The second-order valence-corrected chi connectivity index (χ2v) is 3.67. The van der Waals surface area contributed by atoms with E-state index in [1.54, 1.807) is 18.2 Å². The molecule has 1 N–H and O–H groups in total. The average Bonchev–Trinajstić information content (AvgIpc) is 2.32. The van der Waals surface area contributed by atoms with Gasteiger partial charge < -0.3 is 5.11 Å². The number of carbonyl (C=O) groups is 1. The van der Waals surface area contributed by atoms with E-state index >= 15 is 0 Å². The summed E-state index contributed by atoms with van der Waals surface area (Å²) in [6.07, 6.45) is 1.46. The average molecular weight is 212 g/mol.